The minimum absolute atomic E-state index is 0.244. The van der Waals surface area contributed by atoms with Gasteiger partial charge in [0.05, 0.1) is 0 Å². The van der Waals surface area contributed by atoms with Crippen LogP contribution in [0.4, 0.5) is 0 Å². The number of allylic oxidation sites excluding steroid dienone is 2. The minimum Gasteiger partial charge on any atom is -0.383 e. The molecule has 2 aromatic carbocycles. The lowest BCUT2D eigenvalue weighted by Crippen LogP contribution is -2.35. The average Bonchev–Trinajstić information content (AvgIpc) is 2.46. The highest BCUT2D eigenvalue weighted by Gasteiger charge is 2.27. The molecular weight excluding hydrogens is 246 g/mol. The summed E-state index contributed by atoms with van der Waals surface area (Å²) < 4.78 is 0. The zero-order valence-electron chi connectivity index (χ0n) is 11.4. The second-order valence-electron chi connectivity index (χ2n) is 5.26. The van der Waals surface area contributed by atoms with Gasteiger partial charge in [-0.1, -0.05) is 66.8 Å². The van der Waals surface area contributed by atoms with Gasteiger partial charge in [-0.05, 0) is 17.7 Å². The number of aliphatic imine (C=N–C) groups is 1. The molecule has 20 heavy (non-hydrogen) atoms. The molecule has 100 valence electrons. The molecule has 2 aromatic rings. The van der Waals surface area contributed by atoms with E-state index in [2.05, 4.69) is 23.2 Å². The number of rotatable bonds is 2. The van der Waals surface area contributed by atoms with E-state index < -0.39 is 5.60 Å². The van der Waals surface area contributed by atoms with Crippen LogP contribution in [0.2, 0.25) is 0 Å². The maximum absolute atomic E-state index is 10.3. The van der Waals surface area contributed by atoms with Gasteiger partial charge in [0, 0.05) is 11.8 Å². The lowest BCUT2D eigenvalue weighted by Gasteiger charge is -2.26. The van der Waals surface area contributed by atoms with Gasteiger partial charge in [-0.25, -0.2) is 0 Å². The van der Waals surface area contributed by atoms with Crippen LogP contribution in [0.3, 0.4) is 0 Å². The predicted octanol–water partition coefficient (Wildman–Crippen LogP) is 3.50. The van der Waals surface area contributed by atoms with Gasteiger partial charge in [-0.2, -0.15) is 0 Å². The summed E-state index contributed by atoms with van der Waals surface area (Å²) in [5, 5.41) is 12.6. The zero-order chi connectivity index (χ0) is 14.0. The largest absolute Gasteiger partial charge is 0.383 e. The van der Waals surface area contributed by atoms with Crippen molar-refractivity contribution in [3.8, 4) is 0 Å². The third kappa shape index (κ3) is 2.43. The number of hydrogen-bond acceptors (Lipinski definition) is 2. The Kier molecular flexibility index (Phi) is 3.25. The van der Waals surface area contributed by atoms with Crippen LogP contribution in [0.15, 0.2) is 71.8 Å². The number of aliphatic hydroxyl groups is 1. The molecule has 1 N–H and O–H groups in total. The Bertz CT molecular complexity index is 705. The van der Waals surface area contributed by atoms with Crippen LogP contribution in [-0.2, 0) is 0 Å². The highest BCUT2D eigenvalue weighted by atomic mass is 16.3. The topological polar surface area (TPSA) is 32.6 Å². The smallest absolute Gasteiger partial charge is 0.106 e. The SMILES string of the molecule is CC1(O)C=CC=CC1N=Cc1cccc2ccccc12. The molecule has 0 radical (unpaired) electrons. The third-order valence-corrected chi connectivity index (χ3v) is 3.63. The number of fused-ring (bicyclic) bond motifs is 1. The highest BCUT2D eigenvalue weighted by Crippen LogP contribution is 2.21. The Morgan fingerprint density at radius 3 is 2.75 bits per heavy atom. The van der Waals surface area contributed by atoms with Crippen LogP contribution in [0.5, 0.6) is 0 Å². The van der Waals surface area contributed by atoms with Crippen LogP contribution in [0, 0.1) is 0 Å². The molecule has 0 heterocycles. The van der Waals surface area contributed by atoms with Gasteiger partial charge in [0.15, 0.2) is 0 Å². The molecule has 0 amide bonds. The van der Waals surface area contributed by atoms with Gasteiger partial charge in [0.1, 0.15) is 11.6 Å². The summed E-state index contributed by atoms with van der Waals surface area (Å²) in [6, 6.07) is 14.2. The molecule has 2 atom stereocenters. The van der Waals surface area contributed by atoms with Crippen molar-refractivity contribution in [3.05, 3.63) is 72.3 Å². The van der Waals surface area contributed by atoms with Gasteiger partial charge < -0.3 is 5.11 Å². The van der Waals surface area contributed by atoms with Crippen LogP contribution < -0.4 is 0 Å². The fourth-order valence-corrected chi connectivity index (χ4v) is 2.44. The second kappa shape index (κ2) is 5.06. The van der Waals surface area contributed by atoms with E-state index >= 15 is 0 Å². The van der Waals surface area contributed by atoms with Gasteiger partial charge in [-0.3, -0.25) is 4.99 Å². The maximum Gasteiger partial charge on any atom is 0.106 e. The summed E-state index contributed by atoms with van der Waals surface area (Å²) in [7, 11) is 0. The molecule has 1 aliphatic carbocycles. The molecule has 1 aliphatic rings. The second-order valence-corrected chi connectivity index (χ2v) is 5.26. The lowest BCUT2D eigenvalue weighted by molar-refractivity contribution is 0.0974. The van der Waals surface area contributed by atoms with Gasteiger partial charge in [0.2, 0.25) is 0 Å². The summed E-state index contributed by atoms with van der Waals surface area (Å²) in [5.74, 6) is 0. The van der Waals surface area contributed by atoms with E-state index in [0.29, 0.717) is 0 Å². The summed E-state index contributed by atoms with van der Waals surface area (Å²) in [5.41, 5.74) is 0.150. The van der Waals surface area contributed by atoms with Crippen LogP contribution >= 0.6 is 0 Å². The van der Waals surface area contributed by atoms with Gasteiger partial charge in [0.25, 0.3) is 0 Å². The highest BCUT2D eigenvalue weighted by molar-refractivity contribution is 5.99. The Morgan fingerprint density at radius 1 is 1.10 bits per heavy atom. The molecule has 0 bridgehead atoms. The van der Waals surface area contributed by atoms with Crippen molar-refractivity contribution in [1.82, 2.24) is 0 Å². The van der Waals surface area contributed by atoms with Crippen molar-refractivity contribution < 1.29 is 5.11 Å². The summed E-state index contributed by atoms with van der Waals surface area (Å²) in [4.78, 5) is 4.54. The molecular formula is C18H17NO. The molecule has 0 aliphatic heterocycles. The van der Waals surface area contributed by atoms with E-state index in [1.54, 1.807) is 13.0 Å². The van der Waals surface area contributed by atoms with Crippen molar-refractivity contribution in [2.24, 2.45) is 4.99 Å². The fraction of sp³-hybridized carbons (Fsp3) is 0.167. The van der Waals surface area contributed by atoms with E-state index in [9.17, 15) is 5.11 Å². The first-order valence-corrected chi connectivity index (χ1v) is 6.76. The number of hydrogen-bond donors (Lipinski definition) is 1. The van der Waals surface area contributed by atoms with Gasteiger partial charge >= 0.3 is 0 Å². The van der Waals surface area contributed by atoms with E-state index in [4.69, 9.17) is 0 Å². The average molecular weight is 263 g/mol. The number of benzene rings is 2. The van der Waals surface area contributed by atoms with Crippen LogP contribution in [0.25, 0.3) is 10.8 Å². The summed E-state index contributed by atoms with van der Waals surface area (Å²) >= 11 is 0. The fourth-order valence-electron chi connectivity index (χ4n) is 2.44. The van der Waals surface area contributed by atoms with E-state index in [1.807, 2.05) is 48.7 Å². The molecule has 3 rings (SSSR count). The predicted molar refractivity (Wildman–Crippen MR) is 84.2 cm³/mol. The summed E-state index contributed by atoms with van der Waals surface area (Å²) in [6.07, 6.45) is 9.32. The van der Waals surface area contributed by atoms with Crippen molar-refractivity contribution in [3.63, 3.8) is 0 Å². The third-order valence-electron chi connectivity index (χ3n) is 3.63. The molecule has 2 nitrogen and oxygen atoms in total. The molecule has 2 heteroatoms. The monoisotopic (exact) mass is 263 g/mol. The van der Waals surface area contributed by atoms with E-state index in [0.717, 1.165) is 5.56 Å². The molecule has 2 unspecified atom stereocenters. The van der Waals surface area contributed by atoms with E-state index in [1.165, 1.54) is 10.8 Å². The van der Waals surface area contributed by atoms with Crippen molar-refractivity contribution in [1.29, 1.82) is 0 Å². The first kappa shape index (κ1) is 12.8. The molecule has 0 fully saturated rings. The number of nitrogens with zero attached hydrogens (tertiary/aromatic N) is 1. The molecule has 0 saturated carbocycles. The lowest BCUT2D eigenvalue weighted by atomic mass is 9.92. The quantitative estimate of drug-likeness (QED) is 0.826. The van der Waals surface area contributed by atoms with E-state index in [-0.39, 0.29) is 6.04 Å². The first-order valence-electron chi connectivity index (χ1n) is 6.76. The Morgan fingerprint density at radius 2 is 1.90 bits per heavy atom. The molecule has 0 aromatic heterocycles. The zero-order valence-corrected chi connectivity index (χ0v) is 11.4. The Balaban J connectivity index is 1.95. The normalized spacial score (nSPS) is 25.6. The van der Waals surface area contributed by atoms with Gasteiger partial charge in [-0.15, -0.1) is 0 Å². The standard InChI is InChI=1S/C18H17NO/c1-18(20)12-5-4-11-17(18)19-13-15-9-6-8-14-7-2-3-10-16(14)15/h2-13,17,20H,1H3. The maximum atomic E-state index is 10.3. The van der Waals surface area contributed by atoms with Crippen LogP contribution in [0.1, 0.15) is 12.5 Å². The van der Waals surface area contributed by atoms with Crippen molar-refractivity contribution in [2.75, 3.05) is 0 Å². The summed E-state index contributed by atoms with van der Waals surface area (Å²) in [6.45, 7) is 1.78. The van der Waals surface area contributed by atoms with Crippen molar-refractivity contribution >= 4 is 17.0 Å². The van der Waals surface area contributed by atoms with Crippen molar-refractivity contribution in [2.45, 2.75) is 18.6 Å². The Labute approximate surface area is 118 Å². The molecule has 0 spiro atoms. The minimum atomic E-state index is -0.921. The Hall–Kier alpha value is -2.19. The van der Waals surface area contributed by atoms with Crippen LogP contribution in [-0.4, -0.2) is 23.0 Å². The molecule has 0 saturated heterocycles. The first-order chi connectivity index (χ1) is 9.67.